The SMILES string of the molecule is O=C1CC2(CCN(C(=O)Cc3cccs3)CC2)Oc2ccccc21. The first-order valence-corrected chi connectivity index (χ1v) is 9.15. The van der Waals surface area contributed by atoms with Crippen LogP contribution in [-0.4, -0.2) is 35.3 Å². The lowest BCUT2D eigenvalue weighted by Crippen LogP contribution is -2.52. The van der Waals surface area contributed by atoms with Crippen LogP contribution < -0.4 is 4.74 Å². The number of piperidine rings is 1. The van der Waals surface area contributed by atoms with Gasteiger partial charge in [0.15, 0.2) is 5.78 Å². The van der Waals surface area contributed by atoms with E-state index in [9.17, 15) is 9.59 Å². The molecule has 0 aliphatic carbocycles. The number of rotatable bonds is 2. The monoisotopic (exact) mass is 341 g/mol. The van der Waals surface area contributed by atoms with Gasteiger partial charge in [0, 0.05) is 30.8 Å². The molecule has 1 amide bonds. The number of Topliss-reactive ketones (excluding diaryl/α,β-unsaturated/α-hetero) is 1. The number of ether oxygens (including phenoxy) is 1. The molecule has 5 heteroatoms. The van der Waals surface area contributed by atoms with Crippen molar-refractivity contribution in [3.05, 3.63) is 52.2 Å². The fraction of sp³-hybridized carbons (Fsp3) is 0.368. The Morgan fingerprint density at radius 2 is 1.96 bits per heavy atom. The number of nitrogens with zero attached hydrogens (tertiary/aromatic N) is 1. The maximum Gasteiger partial charge on any atom is 0.227 e. The third-order valence-electron chi connectivity index (χ3n) is 4.93. The van der Waals surface area contributed by atoms with Crippen molar-refractivity contribution in [1.29, 1.82) is 0 Å². The minimum Gasteiger partial charge on any atom is -0.486 e. The van der Waals surface area contributed by atoms with Gasteiger partial charge >= 0.3 is 0 Å². The second-order valence-corrected chi connectivity index (χ2v) is 7.55. The molecule has 1 aromatic heterocycles. The summed E-state index contributed by atoms with van der Waals surface area (Å²) in [5, 5.41) is 1.99. The molecule has 2 aromatic rings. The molecule has 3 heterocycles. The van der Waals surface area contributed by atoms with Crippen LogP contribution in [0, 0.1) is 0 Å². The Morgan fingerprint density at radius 3 is 2.71 bits per heavy atom. The van der Waals surface area contributed by atoms with Crippen LogP contribution in [0.1, 0.15) is 34.5 Å². The summed E-state index contributed by atoms with van der Waals surface area (Å²) in [7, 11) is 0. The predicted octanol–water partition coefficient (Wildman–Crippen LogP) is 3.32. The Labute approximate surface area is 145 Å². The fourth-order valence-electron chi connectivity index (χ4n) is 3.56. The van der Waals surface area contributed by atoms with Gasteiger partial charge < -0.3 is 9.64 Å². The zero-order valence-corrected chi connectivity index (χ0v) is 14.2. The van der Waals surface area contributed by atoms with Crippen LogP contribution in [0.3, 0.4) is 0 Å². The van der Waals surface area contributed by atoms with E-state index in [0.29, 0.717) is 50.1 Å². The molecule has 0 bridgehead atoms. The summed E-state index contributed by atoms with van der Waals surface area (Å²) in [4.78, 5) is 27.8. The molecular weight excluding hydrogens is 322 g/mol. The number of thiophene rings is 1. The van der Waals surface area contributed by atoms with Gasteiger partial charge in [0.05, 0.1) is 18.4 Å². The lowest BCUT2D eigenvalue weighted by atomic mass is 9.82. The summed E-state index contributed by atoms with van der Waals surface area (Å²) in [6, 6.07) is 11.4. The molecule has 4 nitrogen and oxygen atoms in total. The van der Waals surface area contributed by atoms with E-state index in [2.05, 4.69) is 0 Å². The molecule has 1 spiro atoms. The summed E-state index contributed by atoms with van der Waals surface area (Å²) >= 11 is 1.61. The highest BCUT2D eigenvalue weighted by Gasteiger charge is 2.43. The normalized spacial score (nSPS) is 19.0. The number of carbonyl (C=O) groups excluding carboxylic acids is 2. The third-order valence-corrected chi connectivity index (χ3v) is 5.81. The molecule has 4 rings (SSSR count). The maximum atomic E-state index is 12.4. The molecule has 1 aromatic carbocycles. The van der Waals surface area contributed by atoms with Gasteiger partial charge in [-0.2, -0.15) is 0 Å². The molecule has 1 fully saturated rings. The quantitative estimate of drug-likeness (QED) is 0.842. The summed E-state index contributed by atoms with van der Waals surface area (Å²) in [6.45, 7) is 1.30. The van der Waals surface area contributed by atoms with Crippen LogP contribution in [-0.2, 0) is 11.2 Å². The smallest absolute Gasteiger partial charge is 0.227 e. The van der Waals surface area contributed by atoms with Gasteiger partial charge in [-0.15, -0.1) is 11.3 Å². The maximum absolute atomic E-state index is 12.4. The first-order chi connectivity index (χ1) is 11.7. The second-order valence-electron chi connectivity index (χ2n) is 6.52. The molecule has 1 saturated heterocycles. The molecule has 2 aliphatic heterocycles. The van der Waals surface area contributed by atoms with Crippen LogP contribution in [0.4, 0.5) is 0 Å². The topological polar surface area (TPSA) is 46.6 Å². The standard InChI is InChI=1S/C19H19NO3S/c21-16-13-19(23-17-6-2-1-5-15(16)17)7-9-20(10-8-19)18(22)12-14-4-3-11-24-14/h1-6,11H,7-10,12-13H2. The molecule has 0 N–H and O–H groups in total. The summed E-state index contributed by atoms with van der Waals surface area (Å²) in [5.41, 5.74) is 0.241. The van der Waals surface area contributed by atoms with Gasteiger partial charge in [0.25, 0.3) is 0 Å². The van der Waals surface area contributed by atoms with Crippen LogP contribution in [0.5, 0.6) is 5.75 Å². The predicted molar refractivity (Wildman–Crippen MR) is 92.6 cm³/mol. The zero-order chi connectivity index (χ0) is 16.6. The lowest BCUT2D eigenvalue weighted by molar-refractivity contribution is -0.134. The molecule has 124 valence electrons. The Morgan fingerprint density at radius 1 is 1.17 bits per heavy atom. The van der Waals surface area contributed by atoms with Crippen LogP contribution >= 0.6 is 11.3 Å². The van der Waals surface area contributed by atoms with E-state index >= 15 is 0 Å². The highest BCUT2D eigenvalue weighted by molar-refractivity contribution is 7.10. The molecule has 0 radical (unpaired) electrons. The summed E-state index contributed by atoms with van der Waals surface area (Å²) in [6.07, 6.45) is 2.30. The van der Waals surface area contributed by atoms with E-state index in [1.165, 1.54) is 0 Å². The van der Waals surface area contributed by atoms with Crippen molar-refractivity contribution in [2.45, 2.75) is 31.3 Å². The van der Waals surface area contributed by atoms with E-state index in [4.69, 9.17) is 4.74 Å². The van der Waals surface area contributed by atoms with Crippen molar-refractivity contribution in [3.63, 3.8) is 0 Å². The minimum absolute atomic E-state index is 0.148. The van der Waals surface area contributed by atoms with E-state index in [-0.39, 0.29) is 11.7 Å². The first-order valence-electron chi connectivity index (χ1n) is 8.27. The Hall–Kier alpha value is -2.14. The average Bonchev–Trinajstić information content (AvgIpc) is 3.08. The first kappa shape index (κ1) is 15.4. The van der Waals surface area contributed by atoms with Gasteiger partial charge in [-0.25, -0.2) is 0 Å². The summed E-state index contributed by atoms with van der Waals surface area (Å²) in [5.74, 6) is 0.997. The van der Waals surface area contributed by atoms with Crippen LogP contribution in [0.25, 0.3) is 0 Å². The zero-order valence-electron chi connectivity index (χ0n) is 13.4. The van der Waals surface area contributed by atoms with E-state index in [1.807, 2.05) is 46.7 Å². The van der Waals surface area contributed by atoms with Crippen molar-refractivity contribution >= 4 is 23.0 Å². The number of fused-ring (bicyclic) bond motifs is 1. The summed E-state index contributed by atoms with van der Waals surface area (Å²) < 4.78 is 6.21. The number of benzene rings is 1. The average molecular weight is 341 g/mol. The lowest BCUT2D eigenvalue weighted by Gasteiger charge is -2.44. The van der Waals surface area contributed by atoms with E-state index in [0.717, 1.165) is 4.88 Å². The largest absolute Gasteiger partial charge is 0.486 e. The number of ketones is 1. The Balaban J connectivity index is 1.43. The van der Waals surface area contributed by atoms with Gasteiger partial charge in [-0.3, -0.25) is 9.59 Å². The molecule has 0 unspecified atom stereocenters. The molecule has 0 saturated carbocycles. The van der Waals surface area contributed by atoms with Crippen LogP contribution in [0.2, 0.25) is 0 Å². The van der Waals surface area contributed by atoms with Crippen molar-refractivity contribution in [3.8, 4) is 5.75 Å². The number of carbonyl (C=O) groups is 2. The number of para-hydroxylation sites is 1. The van der Waals surface area contributed by atoms with Gasteiger partial charge in [-0.1, -0.05) is 18.2 Å². The van der Waals surface area contributed by atoms with Gasteiger partial charge in [0.2, 0.25) is 5.91 Å². The van der Waals surface area contributed by atoms with Crippen molar-refractivity contribution in [2.24, 2.45) is 0 Å². The third kappa shape index (κ3) is 2.84. The van der Waals surface area contributed by atoms with Crippen LogP contribution in [0.15, 0.2) is 41.8 Å². The number of likely N-dealkylation sites (tertiary alicyclic amines) is 1. The molecule has 24 heavy (non-hydrogen) atoms. The number of hydrogen-bond acceptors (Lipinski definition) is 4. The van der Waals surface area contributed by atoms with Gasteiger partial charge in [-0.05, 0) is 23.6 Å². The molecule has 2 aliphatic rings. The second kappa shape index (κ2) is 6.06. The number of amides is 1. The Bertz CT molecular complexity index is 761. The van der Waals surface area contributed by atoms with Crippen molar-refractivity contribution in [2.75, 3.05) is 13.1 Å². The van der Waals surface area contributed by atoms with Gasteiger partial charge in [0.1, 0.15) is 11.4 Å². The molecular formula is C19H19NO3S. The molecule has 0 atom stereocenters. The highest BCUT2D eigenvalue weighted by atomic mass is 32.1. The highest BCUT2D eigenvalue weighted by Crippen LogP contribution is 2.39. The Kier molecular flexibility index (Phi) is 3.88. The number of hydrogen-bond donors (Lipinski definition) is 0. The minimum atomic E-state index is -0.439. The van der Waals surface area contributed by atoms with E-state index in [1.54, 1.807) is 11.3 Å². The fourth-order valence-corrected chi connectivity index (χ4v) is 4.26. The van der Waals surface area contributed by atoms with Crippen molar-refractivity contribution in [1.82, 2.24) is 4.90 Å². The van der Waals surface area contributed by atoms with E-state index < -0.39 is 5.60 Å². The van der Waals surface area contributed by atoms with Crippen molar-refractivity contribution < 1.29 is 14.3 Å².